The molecule has 0 aliphatic carbocycles. The average Bonchev–Trinajstić information content (AvgIpc) is 3.33. The number of ether oxygens (including phenoxy) is 1. The standard InChI is InChI=1S/C18H25N7O4/c1-4-5-10-8(2)23-25(9(10)3)18-21-15(19)12-16(22-18)24(7-20-12)17-14(28)13(27)11(6-26)29-17/h7,11,13-14,17,26-28H,4-6H2,1-3H3,(H2,19,21,22)/t11-,13-,14-,17-/m1/s1. The van der Waals surface area contributed by atoms with Crippen molar-refractivity contribution in [3.63, 3.8) is 0 Å². The maximum Gasteiger partial charge on any atom is 0.254 e. The molecule has 1 saturated heterocycles. The molecule has 1 aliphatic rings. The summed E-state index contributed by atoms with van der Waals surface area (Å²) >= 11 is 0. The van der Waals surface area contributed by atoms with Gasteiger partial charge in [-0.05, 0) is 25.8 Å². The molecule has 4 atom stereocenters. The Morgan fingerprint density at radius 3 is 2.62 bits per heavy atom. The monoisotopic (exact) mass is 403 g/mol. The van der Waals surface area contributed by atoms with E-state index >= 15 is 0 Å². The highest BCUT2D eigenvalue weighted by molar-refractivity contribution is 5.82. The number of aryl methyl sites for hydroxylation is 1. The zero-order valence-electron chi connectivity index (χ0n) is 16.5. The molecule has 11 heteroatoms. The van der Waals surface area contributed by atoms with Crippen LogP contribution in [0.4, 0.5) is 5.82 Å². The van der Waals surface area contributed by atoms with E-state index < -0.39 is 31.1 Å². The van der Waals surface area contributed by atoms with E-state index in [9.17, 15) is 15.3 Å². The molecule has 4 rings (SSSR count). The fraction of sp³-hybridized carbons (Fsp3) is 0.556. The molecule has 0 aromatic carbocycles. The zero-order valence-corrected chi connectivity index (χ0v) is 16.5. The Kier molecular flexibility index (Phi) is 4.99. The second-order valence-corrected chi connectivity index (χ2v) is 7.27. The van der Waals surface area contributed by atoms with Gasteiger partial charge in [-0.1, -0.05) is 13.3 Å². The summed E-state index contributed by atoms with van der Waals surface area (Å²) in [5, 5.41) is 34.3. The maximum atomic E-state index is 10.4. The Balaban J connectivity index is 1.82. The quantitative estimate of drug-likeness (QED) is 0.452. The van der Waals surface area contributed by atoms with Crippen molar-refractivity contribution in [3.8, 4) is 5.95 Å². The third-order valence-electron chi connectivity index (χ3n) is 5.36. The Morgan fingerprint density at radius 2 is 1.97 bits per heavy atom. The number of nitrogen functional groups attached to an aromatic ring is 1. The van der Waals surface area contributed by atoms with Gasteiger partial charge in [-0.2, -0.15) is 15.1 Å². The summed E-state index contributed by atoms with van der Waals surface area (Å²) in [5.41, 5.74) is 9.79. The Bertz CT molecular complexity index is 1050. The van der Waals surface area contributed by atoms with Crippen LogP contribution in [0.15, 0.2) is 6.33 Å². The molecule has 4 heterocycles. The fourth-order valence-electron chi connectivity index (χ4n) is 3.80. The van der Waals surface area contributed by atoms with Crippen molar-refractivity contribution < 1.29 is 20.1 Å². The molecule has 0 amide bonds. The molecule has 0 bridgehead atoms. The minimum Gasteiger partial charge on any atom is -0.394 e. The van der Waals surface area contributed by atoms with E-state index in [1.807, 2.05) is 13.8 Å². The minimum absolute atomic E-state index is 0.167. The van der Waals surface area contributed by atoms with Gasteiger partial charge in [0.05, 0.1) is 18.6 Å². The zero-order chi connectivity index (χ0) is 20.9. The summed E-state index contributed by atoms with van der Waals surface area (Å²) in [7, 11) is 0. The van der Waals surface area contributed by atoms with E-state index in [0.717, 1.165) is 29.8 Å². The summed E-state index contributed by atoms with van der Waals surface area (Å²) in [4.78, 5) is 13.2. The minimum atomic E-state index is -1.26. The van der Waals surface area contributed by atoms with Gasteiger partial charge in [-0.25, -0.2) is 9.67 Å². The number of anilines is 1. The van der Waals surface area contributed by atoms with Crippen molar-refractivity contribution in [2.45, 2.75) is 58.2 Å². The van der Waals surface area contributed by atoms with Crippen LogP contribution in [0, 0.1) is 13.8 Å². The molecular weight excluding hydrogens is 378 g/mol. The van der Waals surface area contributed by atoms with Crippen molar-refractivity contribution >= 4 is 17.0 Å². The predicted octanol–water partition coefficient (Wildman–Crippen LogP) is -0.225. The van der Waals surface area contributed by atoms with E-state index in [4.69, 9.17) is 10.5 Å². The number of imidazole rings is 1. The SMILES string of the molecule is CCCc1c(C)nn(-c2nc(N)c3ncn([C@@H]4O[C@H](CO)[C@@H](O)[C@H]4O)c3n2)c1C. The predicted molar refractivity (Wildman–Crippen MR) is 103 cm³/mol. The summed E-state index contributed by atoms with van der Waals surface area (Å²) in [6.45, 7) is 5.59. The number of fused-ring (bicyclic) bond motifs is 1. The van der Waals surface area contributed by atoms with Gasteiger partial charge in [0.25, 0.3) is 5.95 Å². The highest BCUT2D eigenvalue weighted by Gasteiger charge is 2.44. The molecule has 156 valence electrons. The molecule has 0 saturated carbocycles. The van der Waals surface area contributed by atoms with E-state index in [1.54, 1.807) is 4.68 Å². The van der Waals surface area contributed by atoms with Crippen LogP contribution in [0.3, 0.4) is 0 Å². The maximum absolute atomic E-state index is 10.4. The molecule has 5 N–H and O–H groups in total. The Labute approximate surface area is 166 Å². The van der Waals surface area contributed by atoms with E-state index in [1.165, 1.54) is 10.9 Å². The van der Waals surface area contributed by atoms with Gasteiger partial charge in [-0.3, -0.25) is 4.57 Å². The number of nitrogens with two attached hydrogens (primary N) is 1. The van der Waals surface area contributed by atoms with Crippen LogP contribution in [0.2, 0.25) is 0 Å². The number of hydrogen-bond donors (Lipinski definition) is 4. The van der Waals surface area contributed by atoms with Crippen LogP contribution < -0.4 is 5.73 Å². The molecular formula is C18H25N7O4. The molecule has 0 unspecified atom stereocenters. The number of hydrogen-bond acceptors (Lipinski definition) is 9. The summed E-state index contributed by atoms with van der Waals surface area (Å²) in [5.74, 6) is 0.450. The van der Waals surface area contributed by atoms with Gasteiger partial charge in [0, 0.05) is 5.69 Å². The van der Waals surface area contributed by atoms with Gasteiger partial charge >= 0.3 is 0 Å². The Morgan fingerprint density at radius 1 is 1.21 bits per heavy atom. The van der Waals surface area contributed by atoms with Crippen molar-refractivity contribution in [1.82, 2.24) is 29.3 Å². The summed E-state index contributed by atoms with van der Waals surface area (Å²) < 4.78 is 8.73. The van der Waals surface area contributed by atoms with Crippen LogP contribution in [0.1, 0.15) is 36.5 Å². The molecule has 1 aliphatic heterocycles. The van der Waals surface area contributed by atoms with Crippen LogP contribution in [0.25, 0.3) is 17.1 Å². The van der Waals surface area contributed by atoms with Gasteiger partial charge in [0.2, 0.25) is 0 Å². The third kappa shape index (κ3) is 3.06. The van der Waals surface area contributed by atoms with Gasteiger partial charge in [-0.15, -0.1) is 0 Å². The van der Waals surface area contributed by atoms with Crippen LogP contribution >= 0.6 is 0 Å². The molecule has 0 radical (unpaired) electrons. The highest BCUT2D eigenvalue weighted by atomic mass is 16.6. The van der Waals surface area contributed by atoms with Crippen molar-refractivity contribution in [2.24, 2.45) is 0 Å². The fourth-order valence-corrected chi connectivity index (χ4v) is 3.80. The molecule has 3 aromatic heterocycles. The highest BCUT2D eigenvalue weighted by Crippen LogP contribution is 2.32. The molecule has 3 aromatic rings. The van der Waals surface area contributed by atoms with E-state index in [0.29, 0.717) is 11.2 Å². The van der Waals surface area contributed by atoms with E-state index in [-0.39, 0.29) is 11.8 Å². The number of aliphatic hydroxyl groups excluding tert-OH is 3. The smallest absolute Gasteiger partial charge is 0.254 e. The average molecular weight is 403 g/mol. The van der Waals surface area contributed by atoms with Crippen molar-refractivity contribution in [2.75, 3.05) is 12.3 Å². The first-order valence-electron chi connectivity index (χ1n) is 9.55. The van der Waals surface area contributed by atoms with Crippen LogP contribution in [-0.2, 0) is 11.2 Å². The molecule has 11 nitrogen and oxygen atoms in total. The lowest BCUT2D eigenvalue weighted by Crippen LogP contribution is -2.33. The third-order valence-corrected chi connectivity index (χ3v) is 5.36. The number of aromatic nitrogens is 6. The van der Waals surface area contributed by atoms with Gasteiger partial charge < -0.3 is 25.8 Å². The van der Waals surface area contributed by atoms with E-state index in [2.05, 4.69) is 27.0 Å². The van der Waals surface area contributed by atoms with Crippen molar-refractivity contribution in [3.05, 3.63) is 23.3 Å². The largest absolute Gasteiger partial charge is 0.394 e. The first kappa shape index (κ1) is 19.7. The number of rotatable bonds is 5. The number of aliphatic hydroxyl groups is 3. The lowest BCUT2D eigenvalue weighted by molar-refractivity contribution is -0.0511. The normalized spacial score (nSPS) is 24.6. The van der Waals surface area contributed by atoms with Crippen LogP contribution in [-0.4, -0.2) is 69.5 Å². The second-order valence-electron chi connectivity index (χ2n) is 7.27. The first-order valence-corrected chi connectivity index (χ1v) is 9.55. The van der Waals surface area contributed by atoms with Crippen molar-refractivity contribution in [1.29, 1.82) is 0 Å². The molecule has 0 spiro atoms. The molecule has 1 fully saturated rings. The summed E-state index contributed by atoms with van der Waals surface area (Å²) in [6, 6.07) is 0. The number of nitrogens with zero attached hydrogens (tertiary/aromatic N) is 6. The molecule has 29 heavy (non-hydrogen) atoms. The Hall–Kier alpha value is -2.60. The van der Waals surface area contributed by atoms with Crippen LogP contribution in [0.5, 0.6) is 0 Å². The lowest BCUT2D eigenvalue weighted by Gasteiger charge is -2.16. The van der Waals surface area contributed by atoms with Gasteiger partial charge in [0.15, 0.2) is 17.7 Å². The lowest BCUT2D eigenvalue weighted by atomic mass is 10.1. The topological polar surface area (TPSA) is 157 Å². The van der Waals surface area contributed by atoms with Gasteiger partial charge in [0.1, 0.15) is 23.8 Å². The second kappa shape index (κ2) is 7.34. The summed E-state index contributed by atoms with van der Waals surface area (Å²) in [6.07, 6.45) is -1.04. The first-order chi connectivity index (χ1) is 13.9.